The molecule has 0 aliphatic heterocycles. The average Bonchev–Trinajstić information content (AvgIpc) is 2.20. The first-order valence-electron chi connectivity index (χ1n) is 4.06. The third-order valence-corrected chi connectivity index (χ3v) is 1.70. The number of halogens is 2. The Morgan fingerprint density at radius 3 is 2.36 bits per heavy atom. The molecule has 0 spiro atoms. The monoisotopic (exact) mass is 266 g/mol. The van der Waals surface area contributed by atoms with Gasteiger partial charge < -0.3 is 4.74 Å². The fraction of sp³-hybridized carbons (Fsp3) is 0.300. The van der Waals surface area contributed by atoms with Gasteiger partial charge in [0.1, 0.15) is 0 Å². The van der Waals surface area contributed by atoms with Gasteiger partial charge in [0.15, 0.2) is 0 Å². The second kappa shape index (κ2) is 7.08. The molecule has 0 saturated carbocycles. The maximum absolute atomic E-state index is 12.8. The van der Waals surface area contributed by atoms with E-state index in [1.165, 1.54) is 12.1 Å². The number of methoxy groups -OCH3 is 1. The molecule has 0 aromatic heterocycles. The van der Waals surface area contributed by atoms with Crippen molar-refractivity contribution in [3.63, 3.8) is 0 Å². The summed E-state index contributed by atoms with van der Waals surface area (Å²) in [6.07, 6.45) is 0. The molecule has 0 aliphatic rings. The van der Waals surface area contributed by atoms with Crippen LogP contribution in [0.3, 0.4) is 0 Å². The molecule has 1 aromatic carbocycles. The van der Waals surface area contributed by atoms with Crippen LogP contribution in [0.5, 0.6) is 5.75 Å². The van der Waals surface area contributed by atoms with Gasteiger partial charge in [0, 0.05) is 5.75 Å². The predicted octanol–water partition coefficient (Wildman–Crippen LogP) is 3.48. The summed E-state index contributed by atoms with van der Waals surface area (Å²) < 4.78 is 17.8. The second-order valence-electron chi connectivity index (χ2n) is 2.84. The van der Waals surface area contributed by atoms with Gasteiger partial charge in [-0.3, -0.25) is 0 Å². The van der Waals surface area contributed by atoms with Gasteiger partial charge in [-0.15, -0.1) is 11.6 Å². The van der Waals surface area contributed by atoms with E-state index in [1.807, 2.05) is 13.8 Å². The van der Waals surface area contributed by atoms with Crippen LogP contribution in [0.25, 0.3) is 0 Å². The standard InChI is InChI=1S/C10H12FO.ClH.Zn/c1-7(2)9-6-8(11)4-5-10(9)12-3;;/h4-6H,1-3H3;1H;/q-1;;+2/p-1. The normalized spacial score (nSPS) is 8.79. The number of rotatable bonds is 2. The Morgan fingerprint density at radius 1 is 1.36 bits per heavy atom. The van der Waals surface area contributed by atoms with E-state index < -0.39 is 0 Å². The molecule has 0 N–H and O–H groups in total. The maximum atomic E-state index is 12.8. The van der Waals surface area contributed by atoms with Crippen LogP contribution in [0.4, 0.5) is 4.39 Å². The van der Waals surface area contributed by atoms with Gasteiger partial charge in [0.2, 0.25) is 0 Å². The van der Waals surface area contributed by atoms with Crippen molar-refractivity contribution in [2.45, 2.75) is 13.8 Å². The Balaban J connectivity index is 0.000000791. The quantitative estimate of drug-likeness (QED) is 0.589. The fourth-order valence-corrected chi connectivity index (χ4v) is 1.07. The van der Waals surface area contributed by atoms with Crippen LogP contribution < -0.4 is 4.74 Å². The molecular formula is C10H12ClFOZn. The van der Waals surface area contributed by atoms with Crippen molar-refractivity contribution in [3.05, 3.63) is 35.5 Å². The summed E-state index contributed by atoms with van der Waals surface area (Å²) in [4.78, 5) is 0. The molecule has 0 amide bonds. The minimum absolute atomic E-state index is 0.230. The van der Waals surface area contributed by atoms with E-state index in [0.29, 0.717) is 0 Å². The van der Waals surface area contributed by atoms with Gasteiger partial charge in [-0.25, -0.2) is 4.39 Å². The third-order valence-electron chi connectivity index (χ3n) is 1.70. The Bertz CT molecular complexity index is 279. The molecule has 0 heterocycles. The van der Waals surface area contributed by atoms with E-state index in [0.717, 1.165) is 34.5 Å². The zero-order valence-corrected chi connectivity index (χ0v) is 12.3. The van der Waals surface area contributed by atoms with E-state index in [4.69, 9.17) is 14.4 Å². The molecule has 0 radical (unpaired) electrons. The van der Waals surface area contributed by atoms with Gasteiger partial charge in [-0.1, -0.05) is 19.9 Å². The molecule has 1 nitrogen and oxygen atoms in total. The van der Waals surface area contributed by atoms with Gasteiger partial charge >= 0.3 is 27.0 Å². The molecule has 0 unspecified atom stereocenters. The number of benzene rings is 1. The second-order valence-corrected chi connectivity index (χ2v) is 2.84. The fourth-order valence-electron chi connectivity index (χ4n) is 1.07. The van der Waals surface area contributed by atoms with E-state index in [1.54, 1.807) is 13.2 Å². The molecule has 0 atom stereocenters. The summed E-state index contributed by atoms with van der Waals surface area (Å²) >= 11 is 0.847. The van der Waals surface area contributed by atoms with Crippen LogP contribution in [-0.2, 0) is 17.3 Å². The van der Waals surface area contributed by atoms with E-state index in [9.17, 15) is 4.39 Å². The summed E-state index contributed by atoms with van der Waals surface area (Å²) in [5.41, 5.74) is 0.831. The average molecular weight is 268 g/mol. The summed E-state index contributed by atoms with van der Waals surface area (Å²) in [6.45, 7) is 3.86. The molecule has 1 aromatic rings. The third kappa shape index (κ3) is 3.85. The van der Waals surface area contributed by atoms with Crippen molar-refractivity contribution in [3.8, 4) is 5.75 Å². The summed E-state index contributed by atoms with van der Waals surface area (Å²) in [6, 6.07) is 4.51. The summed E-state index contributed by atoms with van der Waals surface area (Å²) in [7, 11) is 6.35. The first kappa shape index (κ1) is 13.7. The topological polar surface area (TPSA) is 9.23 Å². The first-order valence-corrected chi connectivity index (χ1v) is 7.96. The first-order chi connectivity index (χ1) is 6.65. The van der Waals surface area contributed by atoms with Crippen molar-refractivity contribution in [2.75, 3.05) is 7.11 Å². The van der Waals surface area contributed by atoms with Crippen molar-refractivity contribution in [1.29, 1.82) is 0 Å². The number of ether oxygens (including phenoxy) is 1. The van der Waals surface area contributed by atoms with E-state index in [2.05, 4.69) is 0 Å². The Labute approximate surface area is 98.3 Å². The van der Waals surface area contributed by atoms with E-state index in [-0.39, 0.29) is 5.82 Å². The predicted molar refractivity (Wildman–Crippen MR) is 52.5 cm³/mol. The zero-order chi connectivity index (χ0) is 11.1. The van der Waals surface area contributed by atoms with Gasteiger partial charge in [-0.05, 0) is 6.07 Å². The molecule has 0 aliphatic carbocycles. The number of hydrogen-bond acceptors (Lipinski definition) is 1. The molecule has 14 heavy (non-hydrogen) atoms. The van der Waals surface area contributed by atoms with Crippen LogP contribution >= 0.6 is 9.69 Å². The van der Waals surface area contributed by atoms with Crippen molar-refractivity contribution < 1.29 is 26.4 Å². The Hall–Kier alpha value is -0.267. The molecule has 0 bridgehead atoms. The SMILES string of the molecule is COc1ccc(F)cc1[C-](C)C.[Cl][Zn+]. The summed E-state index contributed by atoms with van der Waals surface area (Å²) in [5.74, 6) is 1.54. The molecular weight excluding hydrogens is 256 g/mol. The molecule has 74 valence electrons. The van der Waals surface area contributed by atoms with Gasteiger partial charge in [0.05, 0.1) is 12.9 Å². The van der Waals surface area contributed by atoms with Crippen LogP contribution in [0, 0.1) is 11.7 Å². The Kier molecular flexibility index (Phi) is 6.95. The number of hydrogen-bond donors (Lipinski definition) is 0. The van der Waals surface area contributed by atoms with Crippen molar-refractivity contribution in [1.82, 2.24) is 0 Å². The molecule has 0 saturated heterocycles. The van der Waals surface area contributed by atoms with Crippen LogP contribution in [0.2, 0.25) is 0 Å². The summed E-state index contributed by atoms with van der Waals surface area (Å²) in [5, 5.41) is 0. The minimum atomic E-state index is -0.230. The molecule has 0 fully saturated rings. The Morgan fingerprint density at radius 2 is 1.93 bits per heavy atom. The molecule has 1 rings (SSSR count). The van der Waals surface area contributed by atoms with E-state index >= 15 is 0 Å². The van der Waals surface area contributed by atoms with Crippen LogP contribution in [0.1, 0.15) is 19.4 Å². The van der Waals surface area contributed by atoms with Crippen molar-refractivity contribution >= 4 is 9.69 Å². The van der Waals surface area contributed by atoms with Crippen molar-refractivity contribution in [2.24, 2.45) is 0 Å². The van der Waals surface area contributed by atoms with Crippen LogP contribution in [-0.4, -0.2) is 7.11 Å². The van der Waals surface area contributed by atoms with Gasteiger partial charge in [0.25, 0.3) is 0 Å². The zero-order valence-electron chi connectivity index (χ0n) is 8.60. The van der Waals surface area contributed by atoms with Crippen LogP contribution in [0.15, 0.2) is 18.2 Å². The molecule has 4 heteroatoms. The van der Waals surface area contributed by atoms with Gasteiger partial charge in [-0.2, -0.15) is 5.92 Å².